The quantitative estimate of drug-likeness (QED) is 0.258. The first-order valence-corrected chi connectivity index (χ1v) is 14.9. The maximum Gasteiger partial charge on any atom is 0.242 e. The minimum atomic E-state index is -1.72. The van der Waals surface area contributed by atoms with Crippen LogP contribution in [-0.4, -0.2) is 23.8 Å². The number of Topliss-reactive ketones (excluding diaryl/α,β-unsaturated/α-hetero) is 1. The van der Waals surface area contributed by atoms with E-state index in [0.717, 1.165) is 6.07 Å². The van der Waals surface area contributed by atoms with Crippen LogP contribution in [0.25, 0.3) is 0 Å². The Bertz CT molecular complexity index is 1610. The van der Waals surface area contributed by atoms with Crippen molar-refractivity contribution in [3.63, 3.8) is 0 Å². The number of carbonyl (C=O) groups is 2. The molecular formula is C34H35Cl2F2N3O2. The van der Waals surface area contributed by atoms with Crippen molar-refractivity contribution >= 4 is 40.6 Å². The molecular weight excluding hydrogens is 591 g/mol. The molecule has 2 N–H and O–H groups in total. The Balaban J connectivity index is 1.90. The molecule has 1 aliphatic heterocycles. The SMILES string of the molecule is Cc1cc(C(=O)C(C)C)ccc1NC(=O)[C@@H]1N[C@@H](CC(C)(C)C)[C@](C#N)(c2ccc(Cl)cc2F)[C@H]1c1cccc(Cl)c1F. The fraction of sp³-hybridized carbons (Fsp3) is 0.382. The zero-order chi connectivity index (χ0) is 31.9. The maximum atomic E-state index is 15.8. The molecule has 9 heteroatoms. The normalized spacial score (nSPS) is 22.0. The Kier molecular flexibility index (Phi) is 9.37. The van der Waals surface area contributed by atoms with Gasteiger partial charge < -0.3 is 10.6 Å². The molecule has 1 fully saturated rings. The molecule has 5 nitrogen and oxygen atoms in total. The third kappa shape index (κ3) is 6.33. The molecule has 226 valence electrons. The molecule has 0 spiro atoms. The number of nitrogens with zero attached hydrogens (tertiary/aromatic N) is 1. The Hall–Kier alpha value is -3.31. The van der Waals surface area contributed by atoms with Gasteiger partial charge in [-0.05, 0) is 66.3 Å². The lowest BCUT2D eigenvalue weighted by Crippen LogP contribution is -2.45. The third-order valence-corrected chi connectivity index (χ3v) is 8.55. The van der Waals surface area contributed by atoms with Crippen LogP contribution in [0.5, 0.6) is 0 Å². The molecule has 0 radical (unpaired) electrons. The number of aryl methyl sites for hydroxylation is 1. The number of anilines is 1. The van der Waals surface area contributed by atoms with Crippen molar-refractivity contribution in [1.29, 1.82) is 5.26 Å². The second-order valence-corrected chi connectivity index (χ2v) is 13.6. The monoisotopic (exact) mass is 625 g/mol. The molecule has 0 saturated carbocycles. The average molecular weight is 627 g/mol. The number of amides is 1. The van der Waals surface area contributed by atoms with Gasteiger partial charge in [0, 0.05) is 39.7 Å². The summed E-state index contributed by atoms with van der Waals surface area (Å²) in [4.78, 5) is 26.7. The van der Waals surface area contributed by atoms with Crippen LogP contribution in [-0.2, 0) is 10.2 Å². The Morgan fingerprint density at radius 1 is 1.09 bits per heavy atom. The van der Waals surface area contributed by atoms with Gasteiger partial charge in [0.25, 0.3) is 0 Å². The average Bonchev–Trinajstić information content (AvgIpc) is 3.23. The number of halogens is 4. The summed E-state index contributed by atoms with van der Waals surface area (Å²) in [6.45, 7) is 11.3. The molecule has 4 atom stereocenters. The molecule has 0 bridgehead atoms. The molecule has 1 saturated heterocycles. The van der Waals surface area contributed by atoms with E-state index in [2.05, 4.69) is 16.7 Å². The molecule has 4 rings (SSSR count). The number of nitrogens with one attached hydrogen (secondary N) is 2. The number of ketones is 1. The van der Waals surface area contributed by atoms with Crippen LogP contribution in [0.2, 0.25) is 10.0 Å². The van der Waals surface area contributed by atoms with Gasteiger partial charge in [-0.2, -0.15) is 5.26 Å². The second-order valence-electron chi connectivity index (χ2n) is 12.7. The van der Waals surface area contributed by atoms with Crippen molar-refractivity contribution in [2.45, 2.75) is 71.4 Å². The third-order valence-electron chi connectivity index (χ3n) is 8.02. The highest BCUT2D eigenvalue weighted by Crippen LogP contribution is 2.53. The van der Waals surface area contributed by atoms with Gasteiger partial charge in [0.15, 0.2) is 5.78 Å². The molecule has 3 aromatic carbocycles. The Morgan fingerprint density at radius 2 is 1.79 bits per heavy atom. The molecule has 1 heterocycles. The van der Waals surface area contributed by atoms with E-state index in [-0.39, 0.29) is 38.3 Å². The summed E-state index contributed by atoms with van der Waals surface area (Å²) in [7, 11) is 0. The van der Waals surface area contributed by atoms with Crippen LogP contribution in [0.1, 0.15) is 74.0 Å². The Morgan fingerprint density at radius 3 is 2.37 bits per heavy atom. The number of benzene rings is 3. The topological polar surface area (TPSA) is 82.0 Å². The van der Waals surface area contributed by atoms with Crippen molar-refractivity contribution in [2.24, 2.45) is 11.3 Å². The van der Waals surface area contributed by atoms with Crippen molar-refractivity contribution in [2.75, 3.05) is 5.32 Å². The largest absolute Gasteiger partial charge is 0.324 e. The van der Waals surface area contributed by atoms with E-state index in [1.807, 2.05) is 34.6 Å². The van der Waals surface area contributed by atoms with E-state index in [0.29, 0.717) is 23.2 Å². The van der Waals surface area contributed by atoms with E-state index in [1.54, 1.807) is 31.2 Å². The first-order chi connectivity index (χ1) is 20.1. The van der Waals surface area contributed by atoms with Crippen LogP contribution < -0.4 is 10.6 Å². The van der Waals surface area contributed by atoms with E-state index in [4.69, 9.17) is 23.2 Å². The van der Waals surface area contributed by atoms with Crippen LogP contribution in [0.4, 0.5) is 14.5 Å². The van der Waals surface area contributed by atoms with Crippen LogP contribution in [0, 0.1) is 41.2 Å². The number of hydrogen-bond acceptors (Lipinski definition) is 4. The van der Waals surface area contributed by atoms with Gasteiger partial charge in [-0.3, -0.25) is 9.59 Å². The lowest BCUT2D eigenvalue weighted by molar-refractivity contribution is -0.118. The van der Waals surface area contributed by atoms with Gasteiger partial charge in [0.05, 0.1) is 17.1 Å². The lowest BCUT2D eigenvalue weighted by Gasteiger charge is -2.37. The summed E-state index contributed by atoms with van der Waals surface area (Å²) in [6.07, 6.45) is 0.357. The van der Waals surface area contributed by atoms with E-state index >= 15 is 8.78 Å². The number of carbonyl (C=O) groups excluding carboxylic acids is 2. The summed E-state index contributed by atoms with van der Waals surface area (Å²) < 4.78 is 31.6. The number of nitriles is 1. The van der Waals surface area contributed by atoms with E-state index < -0.39 is 41.0 Å². The fourth-order valence-corrected chi connectivity index (χ4v) is 6.40. The van der Waals surface area contributed by atoms with Gasteiger partial charge in [-0.15, -0.1) is 0 Å². The smallest absolute Gasteiger partial charge is 0.242 e. The predicted molar refractivity (Wildman–Crippen MR) is 167 cm³/mol. The summed E-state index contributed by atoms with van der Waals surface area (Å²) in [5.74, 6) is -3.45. The van der Waals surface area contributed by atoms with Crippen LogP contribution >= 0.6 is 23.2 Å². The van der Waals surface area contributed by atoms with E-state index in [1.165, 1.54) is 24.3 Å². The summed E-state index contributed by atoms with van der Waals surface area (Å²) in [6, 6.07) is 13.8. The van der Waals surface area contributed by atoms with Crippen molar-refractivity contribution in [3.05, 3.63) is 98.5 Å². The molecule has 43 heavy (non-hydrogen) atoms. The summed E-state index contributed by atoms with van der Waals surface area (Å²) >= 11 is 12.3. The molecule has 0 aromatic heterocycles. The minimum absolute atomic E-state index is 0.00792. The van der Waals surface area contributed by atoms with Gasteiger partial charge >= 0.3 is 0 Å². The lowest BCUT2D eigenvalue weighted by atomic mass is 9.62. The maximum absolute atomic E-state index is 15.8. The molecule has 1 aliphatic rings. The van der Waals surface area contributed by atoms with Gasteiger partial charge in [0.1, 0.15) is 17.0 Å². The highest BCUT2D eigenvalue weighted by molar-refractivity contribution is 6.31. The molecule has 1 amide bonds. The molecule has 0 unspecified atom stereocenters. The second kappa shape index (κ2) is 12.4. The van der Waals surface area contributed by atoms with Crippen molar-refractivity contribution in [3.8, 4) is 6.07 Å². The number of rotatable bonds is 7. The van der Waals surface area contributed by atoms with Gasteiger partial charge in [0.2, 0.25) is 5.91 Å². The van der Waals surface area contributed by atoms with Crippen molar-refractivity contribution < 1.29 is 18.4 Å². The molecule has 0 aliphatic carbocycles. The number of hydrogen-bond donors (Lipinski definition) is 2. The summed E-state index contributed by atoms with van der Waals surface area (Å²) in [5.41, 5.74) is -0.424. The highest BCUT2D eigenvalue weighted by Gasteiger charge is 2.61. The molecule has 3 aromatic rings. The minimum Gasteiger partial charge on any atom is -0.324 e. The van der Waals surface area contributed by atoms with Crippen LogP contribution in [0.3, 0.4) is 0 Å². The Labute approximate surface area is 261 Å². The first-order valence-electron chi connectivity index (χ1n) is 14.1. The zero-order valence-corrected chi connectivity index (χ0v) is 26.5. The van der Waals surface area contributed by atoms with E-state index in [9.17, 15) is 14.9 Å². The van der Waals surface area contributed by atoms with Crippen molar-refractivity contribution in [1.82, 2.24) is 5.32 Å². The highest BCUT2D eigenvalue weighted by atomic mass is 35.5. The zero-order valence-electron chi connectivity index (χ0n) is 25.0. The predicted octanol–water partition coefficient (Wildman–Crippen LogP) is 8.38. The fourth-order valence-electron chi connectivity index (χ4n) is 6.06. The van der Waals surface area contributed by atoms with Gasteiger partial charge in [-0.1, -0.05) is 76.0 Å². The van der Waals surface area contributed by atoms with Gasteiger partial charge in [-0.25, -0.2) is 8.78 Å². The first kappa shape index (κ1) is 32.6. The standard InChI is InChI=1S/C34H35Cl2F2N3O2/c1-18(2)31(42)20-10-13-26(19(3)14-20)40-32(43)30-28(22-8-7-9-24(36)29(22)38)34(17-39,27(41-30)16-33(4,5)6)23-12-11-21(35)15-25(23)37/h7-15,18,27-28,30,41H,16H2,1-6H3,(H,40,43)/t27-,28-,30+,34-/m0/s1. The summed E-state index contributed by atoms with van der Waals surface area (Å²) in [5, 5.41) is 17.2. The van der Waals surface area contributed by atoms with Crippen LogP contribution in [0.15, 0.2) is 54.6 Å².